The fourth-order valence-electron chi connectivity index (χ4n) is 3.33. The molecule has 0 radical (unpaired) electrons. The second kappa shape index (κ2) is 4.95. The van der Waals surface area contributed by atoms with Gasteiger partial charge in [0.25, 0.3) is 0 Å². The van der Waals surface area contributed by atoms with Crippen LogP contribution in [0.1, 0.15) is 22.6 Å². The number of nitrogens with one attached hydrogen (secondary N) is 1. The van der Waals surface area contributed by atoms with E-state index in [0.29, 0.717) is 12.0 Å². The summed E-state index contributed by atoms with van der Waals surface area (Å²) >= 11 is 0. The van der Waals surface area contributed by atoms with Gasteiger partial charge in [-0.05, 0) is 29.2 Å². The maximum absolute atomic E-state index is 5.95. The Balaban J connectivity index is 1.28. The zero-order valence-electron chi connectivity index (χ0n) is 11.5. The van der Waals surface area contributed by atoms with E-state index < -0.39 is 0 Å². The highest BCUT2D eigenvalue weighted by Crippen LogP contribution is 2.34. The van der Waals surface area contributed by atoms with Crippen molar-refractivity contribution in [2.75, 3.05) is 13.1 Å². The monoisotopic (exact) mass is 265 g/mol. The molecule has 2 aromatic carbocycles. The van der Waals surface area contributed by atoms with Crippen molar-refractivity contribution in [3.63, 3.8) is 0 Å². The SMILES string of the molecule is c1ccc2c(c1)CC(CNCC1Cc3ccccc31)O2. The van der Waals surface area contributed by atoms with E-state index in [1.54, 1.807) is 0 Å². The Morgan fingerprint density at radius 3 is 2.55 bits per heavy atom. The topological polar surface area (TPSA) is 21.3 Å². The van der Waals surface area contributed by atoms with E-state index in [2.05, 4.69) is 47.8 Å². The van der Waals surface area contributed by atoms with Gasteiger partial charge >= 0.3 is 0 Å². The number of rotatable bonds is 4. The zero-order valence-corrected chi connectivity index (χ0v) is 11.5. The fraction of sp³-hybridized carbons (Fsp3) is 0.333. The molecule has 0 spiro atoms. The lowest BCUT2D eigenvalue weighted by atomic mass is 9.77. The number of ether oxygens (including phenoxy) is 1. The Bertz CT molecular complexity index is 597. The third kappa shape index (κ3) is 2.10. The van der Waals surface area contributed by atoms with Crippen LogP contribution in [0.4, 0.5) is 0 Å². The third-order valence-corrected chi connectivity index (χ3v) is 4.44. The van der Waals surface area contributed by atoms with Gasteiger partial charge in [0.15, 0.2) is 0 Å². The molecule has 4 rings (SSSR count). The first kappa shape index (κ1) is 12.0. The van der Waals surface area contributed by atoms with Gasteiger partial charge in [-0.25, -0.2) is 0 Å². The normalized spacial score (nSPS) is 22.6. The Labute approximate surface area is 119 Å². The summed E-state index contributed by atoms with van der Waals surface area (Å²) in [6.45, 7) is 2.00. The van der Waals surface area contributed by atoms with Crippen LogP contribution in [0.2, 0.25) is 0 Å². The average Bonchev–Trinajstić information content (AvgIpc) is 2.86. The maximum Gasteiger partial charge on any atom is 0.123 e. The second-order valence-corrected chi connectivity index (χ2v) is 5.81. The molecule has 0 saturated carbocycles. The number of para-hydroxylation sites is 1. The quantitative estimate of drug-likeness (QED) is 0.917. The number of benzene rings is 2. The minimum atomic E-state index is 0.294. The van der Waals surface area contributed by atoms with Gasteiger partial charge < -0.3 is 10.1 Å². The highest BCUT2D eigenvalue weighted by atomic mass is 16.5. The third-order valence-electron chi connectivity index (χ3n) is 4.44. The molecule has 1 aliphatic carbocycles. The summed E-state index contributed by atoms with van der Waals surface area (Å²) in [5.41, 5.74) is 4.38. The smallest absolute Gasteiger partial charge is 0.123 e. The first-order valence-corrected chi connectivity index (χ1v) is 7.43. The van der Waals surface area contributed by atoms with Crippen LogP contribution in [0.3, 0.4) is 0 Å². The lowest BCUT2D eigenvalue weighted by molar-refractivity contribution is 0.226. The van der Waals surface area contributed by atoms with E-state index in [9.17, 15) is 0 Å². The standard InChI is InChI=1S/C18H19NO/c1-3-7-17-13(5-1)9-15(17)11-19-12-16-10-14-6-2-4-8-18(14)20-16/h1-8,15-16,19H,9-12H2. The lowest BCUT2D eigenvalue weighted by Crippen LogP contribution is -2.35. The molecule has 0 amide bonds. The van der Waals surface area contributed by atoms with Crippen molar-refractivity contribution in [2.45, 2.75) is 24.9 Å². The Morgan fingerprint density at radius 1 is 0.900 bits per heavy atom. The van der Waals surface area contributed by atoms with E-state index in [1.165, 1.54) is 23.1 Å². The summed E-state index contributed by atoms with van der Waals surface area (Å²) in [6, 6.07) is 17.1. The number of hydrogen-bond donors (Lipinski definition) is 1. The van der Waals surface area contributed by atoms with Gasteiger partial charge in [0.05, 0.1) is 0 Å². The van der Waals surface area contributed by atoms with Gasteiger partial charge in [-0.2, -0.15) is 0 Å². The average molecular weight is 265 g/mol. The van der Waals surface area contributed by atoms with Crippen LogP contribution in [-0.2, 0) is 12.8 Å². The lowest BCUT2D eigenvalue weighted by Gasteiger charge is -2.30. The Morgan fingerprint density at radius 2 is 1.70 bits per heavy atom. The van der Waals surface area contributed by atoms with Crippen molar-refractivity contribution in [2.24, 2.45) is 0 Å². The molecule has 20 heavy (non-hydrogen) atoms. The molecule has 2 aromatic rings. The molecule has 0 aromatic heterocycles. The van der Waals surface area contributed by atoms with Gasteiger partial charge in [-0.15, -0.1) is 0 Å². The van der Waals surface area contributed by atoms with Crippen molar-refractivity contribution in [3.8, 4) is 5.75 Å². The molecule has 2 aliphatic rings. The van der Waals surface area contributed by atoms with E-state index in [-0.39, 0.29) is 0 Å². The molecular weight excluding hydrogens is 246 g/mol. The molecule has 2 heteroatoms. The molecule has 0 saturated heterocycles. The number of fused-ring (bicyclic) bond motifs is 2. The van der Waals surface area contributed by atoms with Crippen LogP contribution in [0.15, 0.2) is 48.5 Å². The number of hydrogen-bond acceptors (Lipinski definition) is 2. The van der Waals surface area contributed by atoms with E-state index >= 15 is 0 Å². The molecule has 2 atom stereocenters. The van der Waals surface area contributed by atoms with E-state index in [1.807, 2.05) is 6.07 Å². The van der Waals surface area contributed by atoms with Gasteiger partial charge in [-0.1, -0.05) is 42.5 Å². The summed E-state index contributed by atoms with van der Waals surface area (Å²) < 4.78 is 5.95. The molecule has 1 N–H and O–H groups in total. The van der Waals surface area contributed by atoms with Gasteiger partial charge in [0, 0.05) is 25.4 Å². The van der Waals surface area contributed by atoms with Gasteiger partial charge in [-0.3, -0.25) is 0 Å². The van der Waals surface area contributed by atoms with Crippen molar-refractivity contribution in [3.05, 3.63) is 65.2 Å². The molecule has 1 aliphatic heterocycles. The first-order chi connectivity index (χ1) is 9.90. The molecule has 1 heterocycles. The van der Waals surface area contributed by atoms with Crippen molar-refractivity contribution in [1.29, 1.82) is 0 Å². The van der Waals surface area contributed by atoms with Crippen LogP contribution >= 0.6 is 0 Å². The Kier molecular flexibility index (Phi) is 2.96. The predicted molar refractivity (Wildman–Crippen MR) is 80.3 cm³/mol. The molecule has 0 bridgehead atoms. The molecular formula is C18H19NO. The van der Waals surface area contributed by atoms with Crippen molar-refractivity contribution >= 4 is 0 Å². The maximum atomic E-state index is 5.95. The molecule has 0 fully saturated rings. The molecule has 2 unspecified atom stereocenters. The molecule has 2 nitrogen and oxygen atoms in total. The van der Waals surface area contributed by atoms with Crippen molar-refractivity contribution < 1.29 is 4.74 Å². The Hall–Kier alpha value is -1.80. The summed E-state index contributed by atoms with van der Waals surface area (Å²) in [5.74, 6) is 1.75. The largest absolute Gasteiger partial charge is 0.488 e. The fourth-order valence-corrected chi connectivity index (χ4v) is 3.33. The minimum Gasteiger partial charge on any atom is -0.488 e. The van der Waals surface area contributed by atoms with Gasteiger partial charge in [0.1, 0.15) is 11.9 Å². The van der Waals surface area contributed by atoms with E-state index in [4.69, 9.17) is 4.74 Å². The summed E-state index contributed by atoms with van der Waals surface area (Å²) in [5, 5.41) is 3.58. The molecule has 102 valence electrons. The highest BCUT2D eigenvalue weighted by molar-refractivity contribution is 5.40. The van der Waals surface area contributed by atoms with Crippen LogP contribution in [0.5, 0.6) is 5.75 Å². The minimum absolute atomic E-state index is 0.294. The van der Waals surface area contributed by atoms with E-state index in [0.717, 1.165) is 25.3 Å². The first-order valence-electron chi connectivity index (χ1n) is 7.43. The summed E-state index contributed by atoms with van der Waals surface area (Å²) in [7, 11) is 0. The zero-order chi connectivity index (χ0) is 13.4. The summed E-state index contributed by atoms with van der Waals surface area (Å²) in [6.07, 6.45) is 2.54. The van der Waals surface area contributed by atoms with Crippen molar-refractivity contribution in [1.82, 2.24) is 5.32 Å². The highest BCUT2D eigenvalue weighted by Gasteiger charge is 2.26. The predicted octanol–water partition coefficient (Wildman–Crippen LogP) is 2.92. The summed E-state index contributed by atoms with van der Waals surface area (Å²) in [4.78, 5) is 0. The second-order valence-electron chi connectivity index (χ2n) is 5.81. The van der Waals surface area contributed by atoms with Gasteiger partial charge in [0.2, 0.25) is 0 Å². The van der Waals surface area contributed by atoms with Crippen LogP contribution < -0.4 is 10.1 Å². The van der Waals surface area contributed by atoms with Crippen LogP contribution in [0, 0.1) is 0 Å². The van der Waals surface area contributed by atoms with Crippen LogP contribution in [0.25, 0.3) is 0 Å². The van der Waals surface area contributed by atoms with Crippen LogP contribution in [-0.4, -0.2) is 19.2 Å².